The zero-order valence-corrected chi connectivity index (χ0v) is 32.8. The highest BCUT2D eigenvalue weighted by Crippen LogP contribution is 2.36. The molecule has 0 spiro atoms. The Bertz CT molecular complexity index is 1980. The smallest absolute Gasteiger partial charge is 0.326 e. The maximum atomic E-state index is 12.7. The van der Waals surface area contributed by atoms with Crippen LogP contribution in [0, 0.1) is 0 Å². The predicted octanol–water partition coefficient (Wildman–Crippen LogP) is -6.00. The fourth-order valence-corrected chi connectivity index (χ4v) is 6.43. The molecule has 61 heavy (non-hydrogen) atoms. The Hall–Kier alpha value is -6.57. The number of aliphatic carboxylic acids is 1. The van der Waals surface area contributed by atoms with Crippen LogP contribution in [0.25, 0.3) is 10.9 Å². The predicted molar refractivity (Wildman–Crippen MR) is 208 cm³/mol. The van der Waals surface area contributed by atoms with Crippen molar-refractivity contribution < 1.29 is 63.6 Å². The highest BCUT2D eigenvalue weighted by molar-refractivity contribution is 5.96. The summed E-state index contributed by atoms with van der Waals surface area (Å²) in [7, 11) is 0. The minimum absolute atomic E-state index is 0.0922. The zero-order chi connectivity index (χ0) is 44.7. The first-order chi connectivity index (χ1) is 29.1. The summed E-state index contributed by atoms with van der Waals surface area (Å²) in [6.07, 6.45) is 3.68. The molecule has 1 aliphatic carbocycles. The number of carboxylic acids is 1. The topological polar surface area (TPSA) is 397 Å². The van der Waals surface area contributed by atoms with Crippen molar-refractivity contribution in [2.75, 3.05) is 39.5 Å². The van der Waals surface area contributed by atoms with Gasteiger partial charge in [0, 0.05) is 17.1 Å². The monoisotopic (exact) mass is 858 g/mol. The number of nitrogens with two attached hydrogens (primary N) is 1. The van der Waals surface area contributed by atoms with E-state index in [-0.39, 0.29) is 12.5 Å². The second kappa shape index (κ2) is 22.2. The van der Waals surface area contributed by atoms with Crippen LogP contribution < -0.4 is 48.3 Å². The Morgan fingerprint density at radius 3 is 1.70 bits per heavy atom. The molecule has 25 heteroatoms. The number of aliphatic hydroxyl groups is 3. The maximum Gasteiger partial charge on any atom is 0.326 e. The van der Waals surface area contributed by atoms with Gasteiger partial charge in [-0.05, 0) is 43.7 Å². The van der Waals surface area contributed by atoms with Crippen molar-refractivity contribution >= 4 is 64.1 Å². The number of azo groups is 1. The van der Waals surface area contributed by atoms with Crippen LogP contribution in [0.15, 0.2) is 40.7 Å². The number of amides is 8. The van der Waals surface area contributed by atoms with Gasteiger partial charge in [-0.2, -0.15) is 10.2 Å². The minimum atomic E-state index is -1.74. The molecule has 3 heterocycles. The van der Waals surface area contributed by atoms with Gasteiger partial charge >= 0.3 is 5.97 Å². The summed E-state index contributed by atoms with van der Waals surface area (Å²) >= 11 is 0. The van der Waals surface area contributed by atoms with Crippen molar-refractivity contribution in [2.45, 2.75) is 80.4 Å². The number of H-pyrrole nitrogens is 1. The molecule has 0 radical (unpaired) electrons. The number of aromatic amines is 1. The summed E-state index contributed by atoms with van der Waals surface area (Å²) in [5, 5.41) is 65.4. The lowest BCUT2D eigenvalue weighted by Gasteiger charge is -2.39. The lowest BCUT2D eigenvalue weighted by Crippen LogP contribution is -2.57. The highest BCUT2D eigenvalue weighted by Gasteiger charge is 2.41. The van der Waals surface area contributed by atoms with E-state index in [0.29, 0.717) is 25.7 Å². The molecule has 1 saturated carbocycles. The number of nitrogens with one attached hydrogen (secondary N) is 9. The molecule has 5 atom stereocenters. The number of nitrogens with zero attached hydrogens (tertiary/aromatic N) is 2. The average molecular weight is 859 g/mol. The van der Waals surface area contributed by atoms with Crippen LogP contribution in [-0.4, -0.2) is 160 Å². The molecule has 1 aromatic carbocycles. The van der Waals surface area contributed by atoms with Crippen molar-refractivity contribution in [3.8, 4) is 0 Å². The van der Waals surface area contributed by atoms with Crippen LogP contribution in [0.4, 0.5) is 0 Å². The molecule has 2 bridgehead atoms. The third-order valence-electron chi connectivity index (χ3n) is 9.79. The van der Waals surface area contributed by atoms with E-state index >= 15 is 0 Å². The number of hydrogen-bond acceptors (Lipinski definition) is 15. The first-order valence-electron chi connectivity index (χ1n) is 19.2. The van der Waals surface area contributed by atoms with Crippen LogP contribution in [0.5, 0.6) is 0 Å². The second-order valence-electron chi connectivity index (χ2n) is 14.4. The number of carbonyl (C=O) groups is 9. The summed E-state index contributed by atoms with van der Waals surface area (Å²) < 4.78 is 0. The largest absolute Gasteiger partial charge is 0.480 e. The lowest BCUT2D eigenvalue weighted by atomic mass is 9.85. The molecule has 25 nitrogen and oxygen atoms in total. The molecule has 1 fully saturated rings. The Kier molecular flexibility index (Phi) is 17.1. The van der Waals surface area contributed by atoms with Crippen molar-refractivity contribution in [3.05, 3.63) is 36.0 Å². The Labute approximate surface area is 346 Å². The number of aliphatic hydroxyl groups excluding tert-OH is 3. The van der Waals surface area contributed by atoms with Crippen LogP contribution in [0.2, 0.25) is 0 Å². The molecule has 1 unspecified atom stereocenters. The third-order valence-corrected chi connectivity index (χ3v) is 9.79. The fourth-order valence-electron chi connectivity index (χ4n) is 6.43. The van der Waals surface area contributed by atoms with E-state index < -0.39 is 135 Å². The molecule has 8 amide bonds. The molecule has 15 N–H and O–H groups in total. The molecule has 2 aromatic rings. The maximum absolute atomic E-state index is 12.7. The number of carboxylic acid groups (broad SMARTS) is 1. The normalized spacial score (nSPS) is 18.9. The highest BCUT2D eigenvalue weighted by atomic mass is 16.4. The molecule has 2 aliphatic heterocycles. The molecule has 3 aliphatic rings. The number of benzene rings is 1. The van der Waals surface area contributed by atoms with Gasteiger partial charge in [-0.1, -0.05) is 18.2 Å². The molecule has 332 valence electrons. The van der Waals surface area contributed by atoms with E-state index in [4.69, 9.17) is 5.73 Å². The van der Waals surface area contributed by atoms with Crippen molar-refractivity contribution in [1.29, 1.82) is 0 Å². The number of hydrogen-bond donors (Lipinski definition) is 14. The quantitative estimate of drug-likeness (QED) is 0.0495. The van der Waals surface area contributed by atoms with Crippen molar-refractivity contribution in [1.82, 2.24) is 47.5 Å². The number of carbonyl (C=O) groups excluding carboxylic acids is 8. The van der Waals surface area contributed by atoms with E-state index in [2.05, 4.69) is 57.7 Å². The van der Waals surface area contributed by atoms with Crippen LogP contribution in [0.3, 0.4) is 0 Å². The van der Waals surface area contributed by atoms with Gasteiger partial charge in [0.05, 0.1) is 58.0 Å². The van der Waals surface area contributed by atoms with Crippen LogP contribution in [-0.2, 0) is 49.6 Å². The number of fused-ring (bicyclic) bond motifs is 3. The zero-order valence-electron chi connectivity index (χ0n) is 32.8. The van der Waals surface area contributed by atoms with E-state index in [1.807, 2.05) is 24.3 Å². The van der Waals surface area contributed by atoms with Gasteiger partial charge in [0.1, 0.15) is 24.2 Å². The number of aromatic nitrogens is 1. The first kappa shape index (κ1) is 47.1. The fraction of sp³-hybridized carbons (Fsp3) is 0.528. The summed E-state index contributed by atoms with van der Waals surface area (Å²) in [5.74, 6) is -9.14. The SMILES string of the molecule is N[C@@H](Cc1c[nH]c2ccccc12)C(=O)NCC(=O)N[C@@H](CO)C(=O)NCC(=O)N[C@@H](CO)C(=O)NCC(=O)N[C@@H](CO)C(=O)NC(CC(=O)NC12CCC(CC1)N=N2)C(=O)O. The van der Waals surface area contributed by atoms with Gasteiger partial charge in [-0.3, -0.25) is 38.4 Å². The Morgan fingerprint density at radius 2 is 1.21 bits per heavy atom. The average Bonchev–Trinajstić information content (AvgIpc) is 3.66. The molecular weight excluding hydrogens is 808 g/mol. The number of rotatable bonds is 23. The van der Waals surface area contributed by atoms with Gasteiger partial charge in [0.25, 0.3) is 0 Å². The first-order valence-corrected chi connectivity index (χ1v) is 19.2. The van der Waals surface area contributed by atoms with Gasteiger partial charge < -0.3 is 73.7 Å². The molecule has 5 rings (SSSR count). The minimum Gasteiger partial charge on any atom is -0.480 e. The molecule has 0 saturated heterocycles. The molecule has 1 aromatic heterocycles. The lowest BCUT2D eigenvalue weighted by molar-refractivity contribution is -0.144. The number of para-hydroxylation sites is 1. The van der Waals surface area contributed by atoms with Gasteiger partial charge in [0.2, 0.25) is 47.3 Å². The van der Waals surface area contributed by atoms with Gasteiger partial charge in [-0.25, -0.2) is 4.79 Å². The van der Waals surface area contributed by atoms with Gasteiger partial charge in [-0.15, -0.1) is 0 Å². The summed E-state index contributed by atoms with van der Waals surface area (Å²) in [4.78, 5) is 115. The van der Waals surface area contributed by atoms with Gasteiger partial charge in [0.15, 0.2) is 5.66 Å². The summed E-state index contributed by atoms with van der Waals surface area (Å²) in [6.45, 7) is -5.12. The Morgan fingerprint density at radius 1 is 0.705 bits per heavy atom. The molecular formula is C36H50N12O13. The Balaban J connectivity index is 1.14. The van der Waals surface area contributed by atoms with Crippen molar-refractivity contribution in [3.63, 3.8) is 0 Å². The van der Waals surface area contributed by atoms with Crippen molar-refractivity contribution in [2.24, 2.45) is 16.0 Å². The van der Waals surface area contributed by atoms with E-state index in [1.54, 1.807) is 6.20 Å². The summed E-state index contributed by atoms with van der Waals surface area (Å²) in [5.41, 5.74) is 6.71. The summed E-state index contributed by atoms with van der Waals surface area (Å²) in [6, 6.07) is -0.174. The van der Waals surface area contributed by atoms with Crippen LogP contribution >= 0.6 is 0 Å². The van der Waals surface area contributed by atoms with Crippen LogP contribution in [0.1, 0.15) is 37.7 Å². The standard InChI is InChI=1S/C36H50N12O13/c37-21(9-18-11-38-22-4-2-1-3-20(18)22)31(56)39-12-28(53)42-24(15-49)32(57)40-13-29(54)43-25(16-50)33(58)41-14-30(55)44-26(17-51)34(59)45-23(35(60)61)10-27(52)46-36-7-5-19(6-8-36)47-48-36/h1-4,11,19,21,23-26,38,49-51H,5-10,12-17,37H2,(H,39,56)(H,40,57)(H,41,58)(H,42,53)(H,43,54)(H,44,55)(H,45,59)(H,46,52)(H,60,61)/t19?,21-,23?,24-,25-,26-,36?/m0/s1. The second-order valence-corrected chi connectivity index (χ2v) is 14.4. The van der Waals surface area contributed by atoms with E-state index in [0.717, 1.165) is 16.5 Å². The van der Waals surface area contributed by atoms with E-state index in [9.17, 15) is 63.6 Å². The third kappa shape index (κ3) is 13.7. The van der Waals surface area contributed by atoms with E-state index in [1.165, 1.54) is 0 Å².